The average Bonchev–Trinajstić information content (AvgIpc) is 3.67. The third-order valence-corrected chi connectivity index (χ3v) is 10.4. The van der Waals surface area contributed by atoms with Gasteiger partial charge in [-0.25, -0.2) is 9.97 Å². The van der Waals surface area contributed by atoms with Crippen LogP contribution in [0.5, 0.6) is 0 Å². The summed E-state index contributed by atoms with van der Waals surface area (Å²) in [6.07, 6.45) is 9.91. The Morgan fingerprint density at radius 1 is 1.21 bits per heavy atom. The first-order valence-corrected chi connectivity index (χ1v) is 15.1. The van der Waals surface area contributed by atoms with E-state index in [4.69, 9.17) is 30.1 Å². The number of nitriles is 1. The van der Waals surface area contributed by atoms with Gasteiger partial charge in [0, 0.05) is 60.4 Å². The van der Waals surface area contributed by atoms with Crippen molar-refractivity contribution in [1.29, 1.82) is 5.26 Å². The van der Waals surface area contributed by atoms with Gasteiger partial charge in [-0.2, -0.15) is 5.26 Å². The molecule has 9 nitrogen and oxygen atoms in total. The van der Waals surface area contributed by atoms with E-state index >= 15 is 0 Å². The van der Waals surface area contributed by atoms with E-state index in [1.807, 2.05) is 12.3 Å². The SMILES string of the molecule is C[C@H]1CN(C2CCOC2)CCCN1c1nccc(-c2onc3c2CCC[C@@]32CCCc3sc(N)c(C#N)c32)n1. The predicted molar refractivity (Wildman–Crippen MR) is 150 cm³/mol. The van der Waals surface area contributed by atoms with Crippen LogP contribution in [0.3, 0.4) is 0 Å². The van der Waals surface area contributed by atoms with Gasteiger partial charge in [0.25, 0.3) is 0 Å². The minimum atomic E-state index is -0.301. The molecule has 2 aliphatic heterocycles. The Morgan fingerprint density at radius 3 is 2.90 bits per heavy atom. The average molecular weight is 546 g/mol. The lowest BCUT2D eigenvalue weighted by Crippen LogP contribution is -2.43. The number of nitrogens with zero attached hydrogens (tertiary/aromatic N) is 6. The molecule has 4 aliphatic rings. The molecule has 2 fully saturated rings. The van der Waals surface area contributed by atoms with E-state index in [-0.39, 0.29) is 5.41 Å². The summed E-state index contributed by atoms with van der Waals surface area (Å²) < 4.78 is 11.8. The van der Waals surface area contributed by atoms with Crippen LogP contribution in [0.4, 0.5) is 10.9 Å². The largest absolute Gasteiger partial charge is 0.389 e. The van der Waals surface area contributed by atoms with Gasteiger partial charge in [-0.3, -0.25) is 4.90 Å². The third kappa shape index (κ3) is 4.05. The first-order valence-electron chi connectivity index (χ1n) is 14.3. The standard InChI is InChI=1S/C29H35N7O2S/c1-18-16-35(19-8-14-37-17-19)12-4-13-36(18)28-32-11-7-22(33-28)25-20-5-2-9-29(26(20)34-38-25)10-3-6-23-24(29)21(15-30)27(31)39-23/h7,11,18-19H,2-6,8-10,12-14,16-17,31H2,1H3/t18-,19?,29-/m0/s1. The second-order valence-electron chi connectivity index (χ2n) is 11.5. The van der Waals surface area contributed by atoms with Gasteiger partial charge < -0.3 is 19.9 Å². The van der Waals surface area contributed by atoms with E-state index < -0.39 is 0 Å². The van der Waals surface area contributed by atoms with Crippen molar-refractivity contribution in [2.75, 3.05) is 43.5 Å². The molecule has 3 aromatic rings. The number of hydrogen-bond acceptors (Lipinski definition) is 10. The molecule has 2 saturated heterocycles. The summed E-state index contributed by atoms with van der Waals surface area (Å²) >= 11 is 1.57. The van der Waals surface area contributed by atoms with Gasteiger partial charge in [-0.1, -0.05) is 5.16 Å². The zero-order valence-electron chi connectivity index (χ0n) is 22.5. The van der Waals surface area contributed by atoms with Gasteiger partial charge >= 0.3 is 0 Å². The molecule has 0 bridgehead atoms. The molecule has 0 aromatic carbocycles. The molecule has 7 rings (SSSR count). The van der Waals surface area contributed by atoms with Crippen molar-refractivity contribution >= 4 is 22.3 Å². The van der Waals surface area contributed by atoms with Crippen LogP contribution in [-0.2, 0) is 23.0 Å². The molecular weight excluding hydrogens is 510 g/mol. The van der Waals surface area contributed by atoms with Crippen LogP contribution in [0, 0.1) is 11.3 Å². The minimum Gasteiger partial charge on any atom is -0.389 e. The van der Waals surface area contributed by atoms with Crippen LogP contribution in [0.15, 0.2) is 16.8 Å². The number of anilines is 2. The molecule has 5 heterocycles. The lowest BCUT2D eigenvalue weighted by atomic mass is 9.62. The lowest BCUT2D eigenvalue weighted by molar-refractivity contribution is 0.144. The highest BCUT2D eigenvalue weighted by molar-refractivity contribution is 7.16. The Labute approximate surface area is 233 Å². The maximum atomic E-state index is 9.98. The van der Waals surface area contributed by atoms with Gasteiger partial charge in [0.1, 0.15) is 16.8 Å². The molecule has 204 valence electrons. The van der Waals surface area contributed by atoms with Crippen molar-refractivity contribution in [3.8, 4) is 17.5 Å². The van der Waals surface area contributed by atoms with Crippen molar-refractivity contribution in [3.05, 3.63) is 39.5 Å². The highest BCUT2D eigenvalue weighted by Crippen LogP contribution is 2.54. The Hall–Kier alpha value is -3.00. The summed E-state index contributed by atoms with van der Waals surface area (Å²) in [6, 6.07) is 5.16. The van der Waals surface area contributed by atoms with E-state index in [2.05, 4.69) is 22.8 Å². The zero-order chi connectivity index (χ0) is 26.6. The van der Waals surface area contributed by atoms with Crippen LogP contribution < -0.4 is 10.6 Å². The smallest absolute Gasteiger partial charge is 0.226 e. The van der Waals surface area contributed by atoms with Crippen molar-refractivity contribution in [3.63, 3.8) is 0 Å². The van der Waals surface area contributed by atoms with E-state index in [9.17, 15) is 5.26 Å². The van der Waals surface area contributed by atoms with Gasteiger partial charge in [-0.15, -0.1) is 11.3 Å². The fraction of sp³-hybridized carbons (Fsp3) is 0.586. The molecule has 10 heteroatoms. The molecule has 0 amide bonds. The van der Waals surface area contributed by atoms with Crippen LogP contribution in [0.25, 0.3) is 11.5 Å². The van der Waals surface area contributed by atoms with E-state index in [1.54, 1.807) is 11.3 Å². The molecule has 2 N–H and O–H groups in total. The fourth-order valence-corrected chi connectivity index (χ4v) is 8.66. The van der Waals surface area contributed by atoms with Crippen molar-refractivity contribution in [2.24, 2.45) is 0 Å². The zero-order valence-corrected chi connectivity index (χ0v) is 23.3. The van der Waals surface area contributed by atoms with Crippen molar-refractivity contribution in [2.45, 2.75) is 75.8 Å². The quantitative estimate of drug-likeness (QED) is 0.514. The van der Waals surface area contributed by atoms with Gasteiger partial charge in [0.15, 0.2) is 5.76 Å². The molecule has 0 saturated carbocycles. The topological polar surface area (TPSA) is 117 Å². The third-order valence-electron chi connectivity index (χ3n) is 9.31. The van der Waals surface area contributed by atoms with E-state index in [0.717, 1.165) is 118 Å². The number of aromatic nitrogens is 3. The number of ether oxygens (including phenoxy) is 1. The fourth-order valence-electron chi connectivity index (χ4n) is 7.50. The first-order chi connectivity index (χ1) is 19.1. The number of nitrogens with two attached hydrogens (primary N) is 1. The summed E-state index contributed by atoms with van der Waals surface area (Å²) in [5.74, 6) is 1.49. The maximum Gasteiger partial charge on any atom is 0.226 e. The van der Waals surface area contributed by atoms with Gasteiger partial charge in [0.05, 0.1) is 17.9 Å². The Bertz CT molecular complexity index is 1420. The molecule has 1 unspecified atom stereocenters. The summed E-state index contributed by atoms with van der Waals surface area (Å²) in [5, 5.41) is 15.3. The number of rotatable bonds is 3. The first kappa shape index (κ1) is 25.0. The molecular formula is C29H35N7O2S. The van der Waals surface area contributed by atoms with Crippen molar-refractivity contribution < 1.29 is 9.26 Å². The highest BCUT2D eigenvalue weighted by Gasteiger charge is 2.48. The van der Waals surface area contributed by atoms with Crippen LogP contribution >= 0.6 is 11.3 Å². The van der Waals surface area contributed by atoms with E-state index in [1.165, 1.54) is 4.88 Å². The van der Waals surface area contributed by atoms with Crippen molar-refractivity contribution in [1.82, 2.24) is 20.0 Å². The summed E-state index contributed by atoms with van der Waals surface area (Å²) in [5.41, 5.74) is 10.7. The predicted octanol–water partition coefficient (Wildman–Crippen LogP) is 4.30. The number of aryl methyl sites for hydroxylation is 1. The van der Waals surface area contributed by atoms with E-state index in [0.29, 0.717) is 22.6 Å². The van der Waals surface area contributed by atoms with Crippen LogP contribution in [-0.4, -0.2) is 65.0 Å². The highest BCUT2D eigenvalue weighted by atomic mass is 32.1. The summed E-state index contributed by atoms with van der Waals surface area (Å²) in [7, 11) is 0. The minimum absolute atomic E-state index is 0.296. The number of thiophene rings is 1. The number of hydrogen-bond donors (Lipinski definition) is 1. The molecule has 2 aliphatic carbocycles. The molecule has 0 radical (unpaired) electrons. The maximum absolute atomic E-state index is 9.98. The molecule has 1 spiro atoms. The monoisotopic (exact) mass is 545 g/mol. The molecule has 3 atom stereocenters. The summed E-state index contributed by atoms with van der Waals surface area (Å²) in [4.78, 5) is 15.9. The second kappa shape index (κ2) is 9.88. The lowest BCUT2D eigenvalue weighted by Gasteiger charge is -2.39. The van der Waals surface area contributed by atoms with Gasteiger partial charge in [0.2, 0.25) is 5.95 Å². The number of nitrogen functional groups attached to an aromatic ring is 1. The summed E-state index contributed by atoms with van der Waals surface area (Å²) in [6.45, 7) is 6.95. The van der Waals surface area contributed by atoms with Crippen LogP contribution in [0.2, 0.25) is 0 Å². The normalized spacial score (nSPS) is 27.2. The Kier molecular flexibility index (Phi) is 6.33. The molecule has 3 aromatic heterocycles. The Morgan fingerprint density at radius 2 is 2.08 bits per heavy atom. The molecule has 39 heavy (non-hydrogen) atoms. The Balaban J connectivity index is 1.22. The second-order valence-corrected chi connectivity index (χ2v) is 12.7. The number of fused-ring (bicyclic) bond motifs is 4. The van der Waals surface area contributed by atoms with Gasteiger partial charge in [-0.05, 0) is 69.9 Å². The van der Waals surface area contributed by atoms with Crippen LogP contribution in [0.1, 0.15) is 72.7 Å².